The van der Waals surface area contributed by atoms with Gasteiger partial charge < -0.3 is 21.7 Å². The summed E-state index contributed by atoms with van der Waals surface area (Å²) in [7, 11) is 0. The zero-order valence-corrected chi connectivity index (χ0v) is 10.6. The van der Waals surface area contributed by atoms with Gasteiger partial charge in [-0.2, -0.15) is 0 Å². The van der Waals surface area contributed by atoms with Crippen LogP contribution >= 0.6 is 0 Å². The van der Waals surface area contributed by atoms with Crippen molar-refractivity contribution in [3.63, 3.8) is 0 Å². The van der Waals surface area contributed by atoms with Gasteiger partial charge in [-0.05, 0) is 25.3 Å². The van der Waals surface area contributed by atoms with Crippen molar-refractivity contribution in [1.82, 2.24) is 0 Å². The van der Waals surface area contributed by atoms with Crippen LogP contribution < -0.4 is 11.5 Å². The van der Waals surface area contributed by atoms with Gasteiger partial charge in [-0.1, -0.05) is 19.0 Å². The normalized spacial score (nSPS) is 13.2. The molecular weight excluding hydrogens is 242 g/mol. The van der Waals surface area contributed by atoms with E-state index >= 15 is 0 Å². The lowest BCUT2D eigenvalue weighted by Crippen LogP contribution is -2.30. The summed E-state index contributed by atoms with van der Waals surface area (Å²) in [6.07, 6.45) is 1.14. The van der Waals surface area contributed by atoms with E-state index in [9.17, 15) is 14.5 Å². The van der Waals surface area contributed by atoms with Crippen LogP contribution in [0.3, 0.4) is 0 Å². The number of nitroso groups, excluding NO2 is 1. The van der Waals surface area contributed by atoms with Crippen molar-refractivity contribution in [2.45, 2.75) is 38.8 Å². The van der Waals surface area contributed by atoms with Gasteiger partial charge in [0.1, 0.15) is 6.04 Å². The molecule has 106 valence electrons. The summed E-state index contributed by atoms with van der Waals surface area (Å²) in [6, 6.07) is -1.83. The van der Waals surface area contributed by atoms with Gasteiger partial charge in [-0.25, -0.2) is 4.79 Å². The Bertz CT molecular complexity index is 270. The van der Waals surface area contributed by atoms with E-state index in [-0.39, 0.29) is 5.92 Å². The minimum Gasteiger partial charge on any atom is -0.480 e. The van der Waals surface area contributed by atoms with Gasteiger partial charge in [0, 0.05) is 0 Å². The highest BCUT2D eigenvalue weighted by atomic mass is 16.4. The Labute approximate surface area is 105 Å². The summed E-state index contributed by atoms with van der Waals surface area (Å²) in [6.45, 7) is 3.78. The second kappa shape index (κ2) is 10.6. The molecule has 18 heavy (non-hydrogen) atoms. The van der Waals surface area contributed by atoms with Gasteiger partial charge in [-0.3, -0.25) is 4.79 Å². The van der Waals surface area contributed by atoms with Crippen LogP contribution in [-0.4, -0.2) is 40.8 Å². The van der Waals surface area contributed by atoms with E-state index in [1.165, 1.54) is 0 Å². The number of carboxylic acid groups (broad SMARTS) is 2. The van der Waals surface area contributed by atoms with E-state index in [2.05, 4.69) is 5.18 Å². The van der Waals surface area contributed by atoms with Gasteiger partial charge >= 0.3 is 11.9 Å². The van der Waals surface area contributed by atoms with Crippen LogP contribution in [0.25, 0.3) is 0 Å². The third-order valence-corrected chi connectivity index (χ3v) is 2.03. The minimum absolute atomic E-state index is 0.222. The molecule has 0 spiro atoms. The number of carboxylic acids is 2. The number of hydrogen-bond acceptors (Lipinski definition) is 6. The van der Waals surface area contributed by atoms with Crippen molar-refractivity contribution < 1.29 is 19.8 Å². The number of carbonyl (C=O) groups is 2. The smallest absolute Gasteiger partial charge is 0.332 e. The first-order valence-electron chi connectivity index (χ1n) is 5.51. The third kappa shape index (κ3) is 9.67. The van der Waals surface area contributed by atoms with Gasteiger partial charge in [0.15, 0.2) is 6.04 Å². The summed E-state index contributed by atoms with van der Waals surface area (Å²) >= 11 is 0. The first-order valence-corrected chi connectivity index (χ1v) is 5.51. The maximum atomic E-state index is 10.1. The number of rotatable bonds is 7. The quantitative estimate of drug-likeness (QED) is 0.471. The fourth-order valence-electron chi connectivity index (χ4n) is 0.913. The molecule has 0 heterocycles. The van der Waals surface area contributed by atoms with E-state index in [1.54, 1.807) is 13.8 Å². The largest absolute Gasteiger partial charge is 0.480 e. The second-order valence-electron chi connectivity index (χ2n) is 4.01. The number of hydrogen-bond donors (Lipinski definition) is 4. The number of nitrogens with zero attached hydrogens (tertiary/aromatic N) is 1. The Morgan fingerprint density at radius 2 is 1.72 bits per heavy atom. The predicted octanol–water partition coefficient (Wildman–Crippen LogP) is -0.000800. The van der Waals surface area contributed by atoms with E-state index in [4.69, 9.17) is 21.7 Å². The van der Waals surface area contributed by atoms with Crippen LogP contribution in [0, 0.1) is 10.8 Å². The molecule has 0 unspecified atom stereocenters. The molecule has 0 saturated heterocycles. The van der Waals surface area contributed by atoms with Crippen LogP contribution in [0.4, 0.5) is 0 Å². The fraction of sp³-hybridized carbons (Fsp3) is 0.800. The molecule has 0 aromatic rings. The van der Waals surface area contributed by atoms with E-state index in [1.807, 2.05) is 0 Å². The molecule has 0 radical (unpaired) electrons. The molecule has 0 amide bonds. The van der Waals surface area contributed by atoms with Crippen LogP contribution in [0.5, 0.6) is 0 Å². The van der Waals surface area contributed by atoms with Gasteiger partial charge in [0.25, 0.3) is 0 Å². The standard InChI is InChI=1S/C5H12N2O2.C5H9NO3/c6-3-1-2-4(7)5(8)9;1-3(2)4(6-9)5(7)8/h4H,1-3,6-7H2,(H,8,9);3-4H,1-2H3,(H,7,8)/t2*4-/m00/s1. The first-order chi connectivity index (χ1) is 8.27. The molecule has 0 aromatic heterocycles. The summed E-state index contributed by atoms with van der Waals surface area (Å²) in [4.78, 5) is 29.9. The Morgan fingerprint density at radius 3 is 1.89 bits per heavy atom. The monoisotopic (exact) mass is 263 g/mol. The number of aliphatic carboxylic acids is 2. The lowest BCUT2D eigenvalue weighted by molar-refractivity contribution is -0.140. The Morgan fingerprint density at radius 1 is 1.22 bits per heavy atom. The molecule has 0 rings (SSSR count). The maximum absolute atomic E-state index is 10.1. The van der Waals surface area contributed by atoms with E-state index in [0.717, 1.165) is 0 Å². The molecule has 0 aliphatic rings. The van der Waals surface area contributed by atoms with Crippen LogP contribution in [0.15, 0.2) is 5.18 Å². The minimum atomic E-state index is -1.15. The number of nitrogens with two attached hydrogens (primary N) is 2. The molecule has 0 bridgehead atoms. The molecule has 8 heteroatoms. The van der Waals surface area contributed by atoms with Crippen molar-refractivity contribution in [2.75, 3.05) is 6.54 Å². The molecule has 2 atom stereocenters. The molecule has 0 aliphatic carbocycles. The highest BCUT2D eigenvalue weighted by Crippen LogP contribution is 2.04. The van der Waals surface area contributed by atoms with Gasteiger partial charge in [-0.15, -0.1) is 4.91 Å². The lowest BCUT2D eigenvalue weighted by Gasteiger charge is -2.04. The highest BCUT2D eigenvalue weighted by Gasteiger charge is 2.21. The summed E-state index contributed by atoms with van der Waals surface area (Å²) in [5, 5.41) is 18.9. The summed E-state index contributed by atoms with van der Waals surface area (Å²) < 4.78 is 0. The van der Waals surface area contributed by atoms with E-state index in [0.29, 0.717) is 19.4 Å². The second-order valence-corrected chi connectivity index (χ2v) is 4.01. The van der Waals surface area contributed by atoms with Crippen molar-refractivity contribution in [3.05, 3.63) is 4.91 Å². The van der Waals surface area contributed by atoms with Crippen molar-refractivity contribution in [2.24, 2.45) is 22.6 Å². The van der Waals surface area contributed by atoms with E-state index < -0.39 is 24.0 Å². The molecular formula is C10H21N3O5. The van der Waals surface area contributed by atoms with Crippen molar-refractivity contribution in [1.29, 1.82) is 0 Å². The third-order valence-electron chi connectivity index (χ3n) is 2.03. The predicted molar refractivity (Wildman–Crippen MR) is 66.0 cm³/mol. The highest BCUT2D eigenvalue weighted by molar-refractivity contribution is 5.73. The zero-order valence-electron chi connectivity index (χ0n) is 10.6. The molecule has 0 saturated carbocycles. The van der Waals surface area contributed by atoms with Crippen molar-refractivity contribution >= 4 is 11.9 Å². The fourth-order valence-corrected chi connectivity index (χ4v) is 0.913. The first kappa shape index (κ1) is 18.8. The SMILES string of the molecule is CC(C)[C@H](N=O)C(=O)O.NCCC[C@H](N)C(=O)O. The Kier molecular flexibility index (Phi) is 11.1. The topological polar surface area (TPSA) is 156 Å². The van der Waals surface area contributed by atoms with Crippen LogP contribution in [0.1, 0.15) is 26.7 Å². The lowest BCUT2D eigenvalue weighted by atomic mass is 10.1. The average molecular weight is 263 g/mol. The Balaban J connectivity index is 0. The molecule has 0 aromatic carbocycles. The molecule has 8 nitrogen and oxygen atoms in total. The van der Waals surface area contributed by atoms with Crippen molar-refractivity contribution in [3.8, 4) is 0 Å². The Hall–Kier alpha value is -1.54. The maximum Gasteiger partial charge on any atom is 0.332 e. The molecule has 0 aliphatic heterocycles. The summed E-state index contributed by atoms with van der Waals surface area (Å²) in [5.41, 5.74) is 10.3. The molecule has 6 N–H and O–H groups in total. The van der Waals surface area contributed by atoms with Gasteiger partial charge in [0.2, 0.25) is 0 Å². The van der Waals surface area contributed by atoms with Gasteiger partial charge in [0.05, 0.1) is 0 Å². The summed E-state index contributed by atoms with van der Waals surface area (Å²) in [5.74, 6) is -2.33. The molecule has 0 fully saturated rings. The zero-order chi connectivity index (χ0) is 14.7. The van der Waals surface area contributed by atoms with Crippen LogP contribution in [0.2, 0.25) is 0 Å². The van der Waals surface area contributed by atoms with Crippen LogP contribution in [-0.2, 0) is 9.59 Å². The average Bonchev–Trinajstić information content (AvgIpc) is 2.26.